The molecule has 2 aromatic rings. The summed E-state index contributed by atoms with van der Waals surface area (Å²) < 4.78 is 24.1. The van der Waals surface area contributed by atoms with Gasteiger partial charge >= 0.3 is 0 Å². The molecule has 4 heterocycles. The Morgan fingerprint density at radius 2 is 0.909 bits per heavy atom. The van der Waals surface area contributed by atoms with Crippen LogP contribution < -0.4 is 18.9 Å². The number of unbranched alkanes of at least 4 members (excludes halogenated alkanes) is 2. The van der Waals surface area contributed by atoms with Gasteiger partial charge in [0.05, 0.1) is 28.4 Å². The van der Waals surface area contributed by atoms with Crippen LogP contribution in [0, 0.1) is 0 Å². The van der Waals surface area contributed by atoms with Crippen LogP contribution in [-0.2, 0) is 11.5 Å². The molecule has 2 aromatic carbocycles. The molecule has 44 heavy (non-hydrogen) atoms. The average molecular weight is 645 g/mol. The molecule has 0 aromatic heterocycles. The second kappa shape index (κ2) is 21.2. The maximum atomic E-state index is 6.02. The van der Waals surface area contributed by atoms with Gasteiger partial charge in [0.1, 0.15) is 23.0 Å². The van der Waals surface area contributed by atoms with Gasteiger partial charge in [0.25, 0.3) is 0 Å². The smallest absolute Gasteiger partial charge is 0.126 e. The molecule has 0 amide bonds. The van der Waals surface area contributed by atoms with Crippen LogP contribution in [0.1, 0.15) is 138 Å². The minimum absolute atomic E-state index is 0.472. The summed E-state index contributed by atoms with van der Waals surface area (Å²) in [5.74, 6) is 9.32. The fourth-order valence-electron chi connectivity index (χ4n) is 6.65. The Morgan fingerprint density at radius 1 is 0.545 bits per heavy atom. The predicted octanol–water partition coefficient (Wildman–Crippen LogP) is 11.6. The molecule has 4 aliphatic rings. The largest absolute Gasteiger partial charge is 0.496 e. The molecule has 4 aliphatic heterocycles. The zero-order chi connectivity index (χ0) is 31.6. The van der Waals surface area contributed by atoms with Gasteiger partial charge in [-0.05, 0) is 97.3 Å². The number of benzene rings is 2. The van der Waals surface area contributed by atoms with Crippen LogP contribution in [0.2, 0.25) is 0 Å². The maximum absolute atomic E-state index is 6.02. The minimum Gasteiger partial charge on any atom is -0.496 e. The zero-order valence-corrected chi connectivity index (χ0v) is 30.3. The topological polar surface area (TPSA) is 36.9 Å². The van der Waals surface area contributed by atoms with E-state index in [0.29, 0.717) is 11.8 Å². The van der Waals surface area contributed by atoms with Crippen molar-refractivity contribution in [2.45, 2.75) is 127 Å². The van der Waals surface area contributed by atoms with E-state index in [0.717, 1.165) is 34.5 Å². The highest BCUT2D eigenvalue weighted by Gasteiger charge is 2.23. The van der Waals surface area contributed by atoms with E-state index in [1.807, 2.05) is 52.0 Å². The van der Waals surface area contributed by atoms with Crippen molar-refractivity contribution in [3.8, 4) is 23.0 Å². The fourth-order valence-corrected chi connectivity index (χ4v) is 8.56. The van der Waals surface area contributed by atoms with E-state index in [2.05, 4.69) is 38.1 Å². The first kappa shape index (κ1) is 36.8. The van der Waals surface area contributed by atoms with Gasteiger partial charge in [0.2, 0.25) is 0 Å². The van der Waals surface area contributed by atoms with E-state index in [-0.39, 0.29) is 0 Å². The Bertz CT molecular complexity index is 953. The Kier molecular flexibility index (Phi) is 17.7. The minimum atomic E-state index is 0.472. The summed E-state index contributed by atoms with van der Waals surface area (Å²) in [6.45, 7) is 4.57. The third-order valence-corrected chi connectivity index (χ3v) is 11.3. The molecule has 248 valence electrons. The molecule has 0 aliphatic carbocycles. The molecule has 0 fully saturated rings. The first-order valence-corrected chi connectivity index (χ1v) is 19.6. The highest BCUT2D eigenvalue weighted by Crippen LogP contribution is 2.44. The lowest BCUT2D eigenvalue weighted by atomic mass is 9.87. The molecule has 6 heteroatoms. The maximum Gasteiger partial charge on any atom is 0.126 e. The summed E-state index contributed by atoms with van der Waals surface area (Å²) in [5.41, 5.74) is 5.17. The molecule has 0 spiro atoms. The summed E-state index contributed by atoms with van der Waals surface area (Å²) in [5, 5.41) is 0. The van der Waals surface area contributed by atoms with Crippen molar-refractivity contribution in [2.75, 3.05) is 39.9 Å². The van der Waals surface area contributed by atoms with E-state index >= 15 is 0 Å². The third kappa shape index (κ3) is 11.3. The first-order valence-electron chi connectivity index (χ1n) is 17.2. The molecular formula is C38H60O4S2. The van der Waals surface area contributed by atoms with Crippen molar-refractivity contribution in [3.63, 3.8) is 0 Å². The van der Waals surface area contributed by atoms with Crippen LogP contribution in [-0.4, -0.2) is 39.9 Å². The number of ether oxygens (including phenoxy) is 4. The first-order chi connectivity index (χ1) is 21.6. The second-order valence-electron chi connectivity index (χ2n) is 12.3. The molecule has 0 radical (unpaired) electrons. The Hall–Kier alpha value is -1.66. The van der Waals surface area contributed by atoms with Crippen LogP contribution in [0.25, 0.3) is 0 Å². The van der Waals surface area contributed by atoms with Crippen molar-refractivity contribution in [3.05, 3.63) is 46.5 Å². The molecule has 4 nitrogen and oxygen atoms in total. The van der Waals surface area contributed by atoms with Gasteiger partial charge in [-0.1, -0.05) is 65.2 Å². The third-order valence-electron chi connectivity index (χ3n) is 9.06. The van der Waals surface area contributed by atoms with Crippen LogP contribution in [0.4, 0.5) is 0 Å². The van der Waals surface area contributed by atoms with Crippen molar-refractivity contribution in [1.82, 2.24) is 0 Å². The molecule has 2 atom stereocenters. The molecule has 0 saturated heterocycles. The van der Waals surface area contributed by atoms with Gasteiger partial charge in [-0.25, -0.2) is 0 Å². The van der Waals surface area contributed by atoms with Crippen LogP contribution >= 0.6 is 23.5 Å². The summed E-state index contributed by atoms with van der Waals surface area (Å²) in [7, 11) is 7.30. The van der Waals surface area contributed by atoms with E-state index in [1.165, 1.54) is 124 Å². The van der Waals surface area contributed by atoms with Crippen molar-refractivity contribution >= 4 is 23.5 Å². The fraction of sp³-hybridized carbons (Fsp3) is 0.684. The predicted molar refractivity (Wildman–Crippen MR) is 193 cm³/mol. The number of hydrogen-bond donors (Lipinski definition) is 0. The highest BCUT2D eigenvalue weighted by atomic mass is 32.2. The normalized spacial score (nSPS) is 19.3. The summed E-state index contributed by atoms with van der Waals surface area (Å²) in [6.07, 6.45) is 17.1. The quantitative estimate of drug-likeness (QED) is 0.256. The van der Waals surface area contributed by atoms with Crippen molar-refractivity contribution < 1.29 is 18.9 Å². The van der Waals surface area contributed by atoms with E-state index in [1.54, 1.807) is 0 Å². The zero-order valence-electron chi connectivity index (χ0n) is 28.6. The number of thioether (sulfide) groups is 2. The van der Waals surface area contributed by atoms with Gasteiger partial charge < -0.3 is 18.9 Å². The van der Waals surface area contributed by atoms with Crippen LogP contribution in [0.3, 0.4) is 0 Å². The number of rotatable bonds is 10. The van der Waals surface area contributed by atoms with E-state index < -0.39 is 0 Å². The summed E-state index contributed by atoms with van der Waals surface area (Å²) in [4.78, 5) is 0. The monoisotopic (exact) mass is 644 g/mol. The van der Waals surface area contributed by atoms with Gasteiger partial charge in [-0.15, -0.1) is 0 Å². The Morgan fingerprint density at radius 3 is 1.23 bits per heavy atom. The number of hydrogen-bond acceptors (Lipinski definition) is 6. The Balaban J connectivity index is 1.81. The van der Waals surface area contributed by atoms with Gasteiger partial charge in [0, 0.05) is 22.6 Å². The highest BCUT2D eigenvalue weighted by molar-refractivity contribution is 7.98. The van der Waals surface area contributed by atoms with Crippen LogP contribution in [0.5, 0.6) is 23.0 Å². The standard InChI is InChI=1S/C38H60O4S2/c1-7-9-17-31-19-13-11-15-21-43-28-30-25-35(41-5)38(36(26-30)42-6)32(18-10-8-2)20-14-12-16-22-44-27-29-23-33(39-3)37(31)34(24-29)40-4/h23-26,31-32H,7-22,27-28H2,1-6H3/t31-,32-/m0/s1. The average Bonchev–Trinajstić information content (AvgIpc) is 3.05. The molecular weight excluding hydrogens is 585 g/mol. The summed E-state index contributed by atoms with van der Waals surface area (Å²) >= 11 is 4.06. The van der Waals surface area contributed by atoms with Gasteiger partial charge in [-0.2, -0.15) is 23.5 Å². The Labute approximate surface area is 278 Å². The lowest BCUT2D eigenvalue weighted by Crippen LogP contribution is -2.07. The molecule has 6 rings (SSSR count). The summed E-state index contributed by atoms with van der Waals surface area (Å²) in [6, 6.07) is 9.12. The van der Waals surface area contributed by atoms with E-state index in [9.17, 15) is 0 Å². The van der Waals surface area contributed by atoms with Crippen molar-refractivity contribution in [1.29, 1.82) is 0 Å². The molecule has 0 N–H and O–H groups in total. The second-order valence-corrected chi connectivity index (χ2v) is 14.5. The number of methoxy groups -OCH3 is 4. The van der Waals surface area contributed by atoms with Gasteiger partial charge in [0.15, 0.2) is 0 Å². The van der Waals surface area contributed by atoms with Crippen molar-refractivity contribution in [2.24, 2.45) is 0 Å². The SMILES string of the molecule is CCCC[C@H]1CCCCCSCc2cc(OC)c(c(OC)c2)[C@@H](CCCC)CCCCCSCc2cc(OC)c1c(OC)c2. The molecule has 0 unspecified atom stereocenters. The van der Waals surface area contributed by atoms with Gasteiger partial charge in [-0.3, -0.25) is 0 Å². The molecule has 4 bridgehead atoms. The lowest BCUT2D eigenvalue weighted by Gasteiger charge is -2.24. The lowest BCUT2D eigenvalue weighted by molar-refractivity contribution is 0.369. The molecule has 0 saturated carbocycles. The van der Waals surface area contributed by atoms with Crippen LogP contribution in [0.15, 0.2) is 24.3 Å². The van der Waals surface area contributed by atoms with E-state index in [4.69, 9.17) is 18.9 Å².